The fourth-order valence-corrected chi connectivity index (χ4v) is 5.63. The molecule has 0 bridgehead atoms. The lowest BCUT2D eigenvalue weighted by molar-refractivity contribution is 0.0703. The van der Waals surface area contributed by atoms with E-state index < -0.39 is 0 Å². The molecule has 170 valence electrons. The fraction of sp³-hybridized carbons (Fsp3) is 0.600. The van der Waals surface area contributed by atoms with Gasteiger partial charge in [-0.3, -0.25) is 19.5 Å². The molecule has 1 atom stereocenters. The van der Waals surface area contributed by atoms with Crippen LogP contribution in [0.2, 0.25) is 0 Å². The Morgan fingerprint density at radius 2 is 2.00 bits per heavy atom. The normalized spacial score (nSPS) is 26.5. The van der Waals surface area contributed by atoms with Crippen LogP contribution in [0.1, 0.15) is 78.8 Å². The van der Waals surface area contributed by atoms with E-state index in [4.69, 9.17) is 4.98 Å². The number of rotatable bonds is 3. The quantitative estimate of drug-likeness (QED) is 0.801. The SMILES string of the molecule is CC1CCC(N2CCc3nc([C@H]4CCCN(C(=O)c5cccnc5)C4)[nH]c(=O)c3C2)CC1. The van der Waals surface area contributed by atoms with E-state index >= 15 is 0 Å². The number of piperidine rings is 1. The molecule has 2 aromatic heterocycles. The summed E-state index contributed by atoms with van der Waals surface area (Å²) in [6, 6.07) is 4.19. The Kier molecular flexibility index (Phi) is 6.09. The maximum absolute atomic E-state index is 13.0. The van der Waals surface area contributed by atoms with Gasteiger partial charge in [0.15, 0.2) is 0 Å². The summed E-state index contributed by atoms with van der Waals surface area (Å²) in [7, 11) is 0. The number of amides is 1. The van der Waals surface area contributed by atoms with Gasteiger partial charge in [0.1, 0.15) is 5.82 Å². The molecule has 1 N–H and O–H groups in total. The molecule has 2 aliphatic heterocycles. The van der Waals surface area contributed by atoms with E-state index in [0.29, 0.717) is 24.7 Å². The molecule has 0 unspecified atom stereocenters. The first-order valence-electron chi connectivity index (χ1n) is 12.1. The molecule has 32 heavy (non-hydrogen) atoms. The number of hydrogen-bond donors (Lipinski definition) is 1. The zero-order valence-corrected chi connectivity index (χ0v) is 18.9. The van der Waals surface area contributed by atoms with E-state index in [1.54, 1.807) is 24.5 Å². The highest BCUT2D eigenvalue weighted by Gasteiger charge is 2.31. The van der Waals surface area contributed by atoms with Gasteiger partial charge in [0.2, 0.25) is 0 Å². The van der Waals surface area contributed by atoms with Crippen molar-refractivity contribution in [1.82, 2.24) is 24.8 Å². The number of aromatic nitrogens is 3. The van der Waals surface area contributed by atoms with Gasteiger partial charge in [0, 0.05) is 57.0 Å². The molecular formula is C25H33N5O2. The molecule has 7 heteroatoms. The molecule has 0 spiro atoms. The first-order chi connectivity index (χ1) is 15.6. The van der Waals surface area contributed by atoms with Crippen LogP contribution >= 0.6 is 0 Å². The molecule has 4 heterocycles. The van der Waals surface area contributed by atoms with E-state index in [0.717, 1.165) is 55.4 Å². The minimum Gasteiger partial charge on any atom is -0.338 e. The molecule has 1 saturated carbocycles. The number of carbonyl (C=O) groups is 1. The van der Waals surface area contributed by atoms with Crippen LogP contribution in [-0.2, 0) is 13.0 Å². The van der Waals surface area contributed by atoms with Crippen molar-refractivity contribution in [2.45, 2.75) is 70.4 Å². The largest absolute Gasteiger partial charge is 0.338 e. The van der Waals surface area contributed by atoms with E-state index in [1.807, 2.05) is 4.90 Å². The average molecular weight is 436 g/mol. The summed E-state index contributed by atoms with van der Waals surface area (Å²) in [5.74, 6) is 1.65. The minimum absolute atomic E-state index is 0.000508. The van der Waals surface area contributed by atoms with E-state index in [1.165, 1.54) is 25.7 Å². The number of likely N-dealkylation sites (tertiary alicyclic amines) is 1. The van der Waals surface area contributed by atoms with Gasteiger partial charge in [0.25, 0.3) is 11.5 Å². The van der Waals surface area contributed by atoms with Crippen molar-refractivity contribution in [3.05, 3.63) is 57.5 Å². The van der Waals surface area contributed by atoms with Crippen LogP contribution in [0.4, 0.5) is 0 Å². The smallest absolute Gasteiger partial charge is 0.255 e. The summed E-state index contributed by atoms with van der Waals surface area (Å²) in [6.45, 7) is 5.36. The third-order valence-electron chi connectivity index (χ3n) is 7.62. The van der Waals surface area contributed by atoms with Crippen molar-refractivity contribution in [1.29, 1.82) is 0 Å². The highest BCUT2D eigenvalue weighted by atomic mass is 16.2. The van der Waals surface area contributed by atoms with Gasteiger partial charge < -0.3 is 9.88 Å². The molecule has 3 aliphatic rings. The average Bonchev–Trinajstić information content (AvgIpc) is 2.84. The summed E-state index contributed by atoms with van der Waals surface area (Å²) >= 11 is 0. The zero-order chi connectivity index (χ0) is 22.1. The Labute approximate surface area is 189 Å². The molecule has 2 fully saturated rings. The number of H-pyrrole nitrogens is 1. The molecule has 1 saturated heterocycles. The van der Waals surface area contributed by atoms with Gasteiger partial charge in [-0.1, -0.05) is 6.92 Å². The topological polar surface area (TPSA) is 82.2 Å². The Morgan fingerprint density at radius 1 is 1.16 bits per heavy atom. The van der Waals surface area contributed by atoms with Crippen LogP contribution in [0.3, 0.4) is 0 Å². The van der Waals surface area contributed by atoms with Crippen LogP contribution in [-0.4, -0.2) is 56.3 Å². The lowest BCUT2D eigenvalue weighted by atomic mass is 9.86. The van der Waals surface area contributed by atoms with E-state index in [9.17, 15) is 9.59 Å². The molecule has 5 rings (SSSR count). The molecule has 7 nitrogen and oxygen atoms in total. The number of nitrogens with zero attached hydrogens (tertiary/aromatic N) is 4. The highest BCUT2D eigenvalue weighted by Crippen LogP contribution is 2.30. The molecule has 2 aromatic rings. The van der Waals surface area contributed by atoms with Crippen molar-refractivity contribution in [2.24, 2.45) is 5.92 Å². The summed E-state index contributed by atoms with van der Waals surface area (Å²) < 4.78 is 0. The summed E-state index contributed by atoms with van der Waals surface area (Å²) in [5, 5.41) is 0. The maximum Gasteiger partial charge on any atom is 0.255 e. The predicted molar refractivity (Wildman–Crippen MR) is 123 cm³/mol. The molecule has 0 radical (unpaired) electrons. The van der Waals surface area contributed by atoms with Crippen LogP contribution in [0.25, 0.3) is 0 Å². The van der Waals surface area contributed by atoms with Gasteiger partial charge >= 0.3 is 0 Å². The Morgan fingerprint density at radius 3 is 2.78 bits per heavy atom. The lowest BCUT2D eigenvalue weighted by Crippen LogP contribution is -2.44. The van der Waals surface area contributed by atoms with Crippen LogP contribution < -0.4 is 5.56 Å². The van der Waals surface area contributed by atoms with Gasteiger partial charge in [-0.2, -0.15) is 0 Å². The second-order valence-electron chi connectivity index (χ2n) is 9.84. The number of pyridine rings is 1. The monoisotopic (exact) mass is 435 g/mol. The molecular weight excluding hydrogens is 402 g/mol. The third kappa shape index (κ3) is 4.35. The third-order valence-corrected chi connectivity index (χ3v) is 7.62. The second kappa shape index (κ2) is 9.14. The predicted octanol–water partition coefficient (Wildman–Crippen LogP) is 3.12. The Hall–Kier alpha value is -2.54. The number of nitrogens with one attached hydrogen (secondary N) is 1. The first kappa shape index (κ1) is 21.3. The molecule has 1 amide bonds. The second-order valence-corrected chi connectivity index (χ2v) is 9.84. The van der Waals surface area contributed by atoms with Gasteiger partial charge in [-0.05, 0) is 56.6 Å². The van der Waals surface area contributed by atoms with Crippen molar-refractivity contribution in [2.75, 3.05) is 19.6 Å². The summed E-state index contributed by atoms with van der Waals surface area (Å²) in [5.41, 5.74) is 2.42. The summed E-state index contributed by atoms with van der Waals surface area (Å²) in [4.78, 5) is 42.4. The fourth-order valence-electron chi connectivity index (χ4n) is 5.63. The van der Waals surface area contributed by atoms with Crippen LogP contribution in [0.15, 0.2) is 29.3 Å². The summed E-state index contributed by atoms with van der Waals surface area (Å²) in [6.07, 6.45) is 11.0. The van der Waals surface area contributed by atoms with Crippen molar-refractivity contribution in [3.63, 3.8) is 0 Å². The minimum atomic E-state index is 0.000508. The standard InChI is InChI=1S/C25H33N5O2/c1-17-6-8-20(9-7-17)29-13-10-22-21(16-29)24(31)28-23(27-22)19-5-3-12-30(15-19)25(32)18-4-2-11-26-14-18/h2,4,11,14,17,19-20H,3,5-10,12-13,15-16H2,1H3,(H,27,28,31)/t17?,19-,20?/m0/s1. The van der Waals surface area contributed by atoms with Crippen LogP contribution in [0.5, 0.6) is 0 Å². The molecule has 1 aliphatic carbocycles. The first-order valence-corrected chi connectivity index (χ1v) is 12.1. The maximum atomic E-state index is 13.0. The van der Waals surface area contributed by atoms with Crippen molar-refractivity contribution in [3.8, 4) is 0 Å². The van der Waals surface area contributed by atoms with E-state index in [-0.39, 0.29) is 17.4 Å². The zero-order valence-electron chi connectivity index (χ0n) is 18.9. The molecule has 0 aromatic carbocycles. The van der Waals surface area contributed by atoms with Gasteiger partial charge in [-0.15, -0.1) is 0 Å². The Bertz CT molecular complexity index is 1010. The Balaban J connectivity index is 1.30. The van der Waals surface area contributed by atoms with Gasteiger partial charge in [-0.25, -0.2) is 4.98 Å². The van der Waals surface area contributed by atoms with Crippen LogP contribution in [0, 0.1) is 5.92 Å². The van der Waals surface area contributed by atoms with Gasteiger partial charge in [0.05, 0.1) is 16.8 Å². The number of fused-ring (bicyclic) bond motifs is 1. The number of carbonyl (C=O) groups excluding carboxylic acids is 1. The highest BCUT2D eigenvalue weighted by molar-refractivity contribution is 5.93. The lowest BCUT2D eigenvalue weighted by Gasteiger charge is -2.38. The van der Waals surface area contributed by atoms with Crippen molar-refractivity contribution < 1.29 is 4.79 Å². The number of hydrogen-bond acceptors (Lipinski definition) is 5. The number of aromatic amines is 1. The van der Waals surface area contributed by atoms with E-state index in [2.05, 4.69) is 21.8 Å². The van der Waals surface area contributed by atoms with Crippen molar-refractivity contribution >= 4 is 5.91 Å².